The van der Waals surface area contributed by atoms with Crippen LogP contribution in [0.4, 0.5) is 16.2 Å². The molecule has 0 atom stereocenters. The van der Waals surface area contributed by atoms with Gasteiger partial charge in [0.25, 0.3) is 15.9 Å². The Bertz CT molecular complexity index is 1220. The Morgan fingerprint density at radius 3 is 2.59 bits per heavy atom. The third-order valence-corrected chi connectivity index (χ3v) is 7.41. The molecule has 1 saturated carbocycles. The Balaban J connectivity index is 1.39. The molecule has 180 valence electrons. The van der Waals surface area contributed by atoms with Gasteiger partial charge < -0.3 is 15.4 Å². The maximum absolute atomic E-state index is 12.8. The molecule has 0 radical (unpaired) electrons. The topological polar surface area (TPSA) is 134 Å². The predicted octanol–water partition coefficient (Wildman–Crippen LogP) is 2.69. The van der Waals surface area contributed by atoms with E-state index in [1.807, 2.05) is 0 Å². The molecule has 11 heteroatoms. The number of rotatable bonds is 8. The molecule has 4 rings (SSSR count). The number of ether oxygens (including phenoxy) is 1. The van der Waals surface area contributed by atoms with Crippen molar-refractivity contribution < 1.29 is 27.5 Å². The minimum Gasteiger partial charge on any atom is -0.495 e. The average Bonchev–Trinajstić information content (AvgIpc) is 3.37. The summed E-state index contributed by atoms with van der Waals surface area (Å²) in [6.45, 7) is -0.0500. The zero-order chi connectivity index (χ0) is 24.3. The van der Waals surface area contributed by atoms with E-state index in [1.54, 1.807) is 30.3 Å². The van der Waals surface area contributed by atoms with Gasteiger partial charge in [0.05, 0.1) is 17.7 Å². The highest BCUT2D eigenvalue weighted by molar-refractivity contribution is 7.92. The molecule has 1 aliphatic heterocycles. The van der Waals surface area contributed by atoms with E-state index < -0.39 is 27.5 Å². The van der Waals surface area contributed by atoms with E-state index >= 15 is 0 Å². The van der Waals surface area contributed by atoms with Crippen molar-refractivity contribution in [3.63, 3.8) is 0 Å². The van der Waals surface area contributed by atoms with Crippen LogP contribution in [-0.2, 0) is 19.6 Å². The van der Waals surface area contributed by atoms with E-state index in [-0.39, 0.29) is 35.1 Å². The number of urea groups is 1. The fraction of sp³-hybridized carbons (Fsp3) is 0.348. The van der Waals surface area contributed by atoms with Crippen LogP contribution < -0.4 is 20.1 Å². The molecule has 1 heterocycles. The molecule has 2 aromatic carbocycles. The number of carbonyl (C=O) groups is 3. The number of amides is 4. The fourth-order valence-corrected chi connectivity index (χ4v) is 5.42. The summed E-state index contributed by atoms with van der Waals surface area (Å²) in [5.41, 5.74) is -0.254. The molecular weight excluding hydrogens is 460 g/mol. The van der Waals surface area contributed by atoms with Gasteiger partial charge in [-0.2, -0.15) is 0 Å². The number of carbonyl (C=O) groups excluding carboxylic acids is 3. The number of methoxy groups -OCH3 is 1. The number of sulfonamides is 1. The Kier molecular flexibility index (Phi) is 6.47. The molecule has 3 N–H and O–H groups in total. The van der Waals surface area contributed by atoms with Gasteiger partial charge in [0.15, 0.2) is 0 Å². The van der Waals surface area contributed by atoms with E-state index in [2.05, 4.69) is 15.4 Å². The molecular formula is C23H26N4O6S. The largest absolute Gasteiger partial charge is 0.495 e. The highest BCUT2D eigenvalue weighted by Crippen LogP contribution is 2.35. The minimum absolute atomic E-state index is 0.0477. The van der Waals surface area contributed by atoms with Crippen LogP contribution in [0.3, 0.4) is 0 Å². The summed E-state index contributed by atoms with van der Waals surface area (Å²) in [5.74, 6) is -0.353. The van der Waals surface area contributed by atoms with Crippen LogP contribution in [-0.4, -0.2) is 50.4 Å². The number of hydrogen-bond donors (Lipinski definition) is 3. The first-order chi connectivity index (χ1) is 16.2. The lowest BCUT2D eigenvalue weighted by Crippen LogP contribution is -2.44. The molecule has 2 fully saturated rings. The summed E-state index contributed by atoms with van der Waals surface area (Å²) < 4.78 is 33.3. The van der Waals surface area contributed by atoms with Crippen LogP contribution in [0.2, 0.25) is 0 Å². The number of anilines is 2. The zero-order valence-electron chi connectivity index (χ0n) is 18.7. The number of imide groups is 1. The SMILES string of the molecule is COc1ccccc1NS(=O)(=O)c1cccc(NC(=O)CCN2C(=O)NC3(CCCC3)C2=O)c1. The van der Waals surface area contributed by atoms with Crippen molar-refractivity contribution in [1.29, 1.82) is 0 Å². The molecule has 34 heavy (non-hydrogen) atoms. The van der Waals surface area contributed by atoms with E-state index in [4.69, 9.17) is 4.74 Å². The normalized spacial score (nSPS) is 17.0. The van der Waals surface area contributed by atoms with E-state index in [1.165, 1.54) is 25.3 Å². The molecule has 0 bridgehead atoms. The standard InChI is InChI=1S/C23H26N4O6S/c1-33-19-10-3-2-9-18(19)26-34(31,32)17-8-6-7-16(15-17)24-20(28)11-14-27-21(29)23(25-22(27)30)12-4-5-13-23/h2-3,6-10,15,26H,4-5,11-14H2,1H3,(H,24,28)(H,25,30). The first kappa shape index (κ1) is 23.6. The highest BCUT2D eigenvalue weighted by atomic mass is 32.2. The number of benzene rings is 2. The Morgan fingerprint density at radius 2 is 1.85 bits per heavy atom. The van der Waals surface area contributed by atoms with Gasteiger partial charge in [-0.05, 0) is 43.2 Å². The molecule has 10 nitrogen and oxygen atoms in total. The quantitative estimate of drug-likeness (QED) is 0.491. The minimum atomic E-state index is -3.94. The van der Waals surface area contributed by atoms with Crippen molar-refractivity contribution in [2.24, 2.45) is 0 Å². The van der Waals surface area contributed by atoms with Crippen molar-refractivity contribution in [3.05, 3.63) is 48.5 Å². The van der Waals surface area contributed by atoms with Crippen molar-refractivity contribution in [3.8, 4) is 5.75 Å². The van der Waals surface area contributed by atoms with Crippen molar-refractivity contribution in [2.45, 2.75) is 42.5 Å². The summed E-state index contributed by atoms with van der Waals surface area (Å²) in [7, 11) is -2.50. The number of nitrogens with one attached hydrogen (secondary N) is 3. The lowest BCUT2D eigenvalue weighted by atomic mass is 9.98. The smallest absolute Gasteiger partial charge is 0.325 e. The van der Waals surface area contributed by atoms with Crippen LogP contribution >= 0.6 is 0 Å². The van der Waals surface area contributed by atoms with Gasteiger partial charge in [-0.25, -0.2) is 13.2 Å². The van der Waals surface area contributed by atoms with Gasteiger partial charge in [0.1, 0.15) is 11.3 Å². The van der Waals surface area contributed by atoms with Crippen LogP contribution in [0.1, 0.15) is 32.1 Å². The molecule has 2 aromatic rings. The van der Waals surface area contributed by atoms with Gasteiger partial charge in [0.2, 0.25) is 5.91 Å². The highest BCUT2D eigenvalue weighted by Gasteiger charge is 2.52. The summed E-state index contributed by atoms with van der Waals surface area (Å²) in [6.07, 6.45) is 2.89. The second kappa shape index (κ2) is 9.34. The second-order valence-corrected chi connectivity index (χ2v) is 9.99. The van der Waals surface area contributed by atoms with E-state index in [9.17, 15) is 22.8 Å². The summed E-state index contributed by atoms with van der Waals surface area (Å²) >= 11 is 0. The molecule has 1 aliphatic carbocycles. The molecule has 1 saturated heterocycles. The Labute approximate surface area is 197 Å². The van der Waals surface area contributed by atoms with Crippen LogP contribution in [0.15, 0.2) is 53.4 Å². The van der Waals surface area contributed by atoms with Gasteiger partial charge >= 0.3 is 6.03 Å². The monoisotopic (exact) mass is 486 g/mol. The Morgan fingerprint density at radius 1 is 1.12 bits per heavy atom. The third kappa shape index (κ3) is 4.69. The molecule has 0 unspecified atom stereocenters. The molecule has 2 aliphatic rings. The summed E-state index contributed by atoms with van der Waals surface area (Å²) in [5, 5.41) is 5.41. The maximum atomic E-state index is 12.8. The van der Waals surface area contributed by atoms with Gasteiger partial charge in [0, 0.05) is 18.7 Å². The van der Waals surface area contributed by atoms with Crippen molar-refractivity contribution >= 4 is 39.2 Å². The molecule has 1 spiro atoms. The van der Waals surface area contributed by atoms with Gasteiger partial charge in [-0.1, -0.05) is 31.0 Å². The van der Waals surface area contributed by atoms with Gasteiger partial charge in [-0.15, -0.1) is 0 Å². The molecule has 0 aromatic heterocycles. The number of nitrogens with zero attached hydrogens (tertiary/aromatic N) is 1. The fourth-order valence-electron chi connectivity index (χ4n) is 4.31. The van der Waals surface area contributed by atoms with Crippen LogP contribution in [0.25, 0.3) is 0 Å². The van der Waals surface area contributed by atoms with Crippen molar-refractivity contribution in [2.75, 3.05) is 23.7 Å². The average molecular weight is 487 g/mol. The van der Waals surface area contributed by atoms with Gasteiger partial charge in [-0.3, -0.25) is 19.2 Å². The lowest BCUT2D eigenvalue weighted by Gasteiger charge is -2.19. The zero-order valence-corrected chi connectivity index (χ0v) is 19.5. The van der Waals surface area contributed by atoms with Crippen LogP contribution in [0.5, 0.6) is 5.75 Å². The maximum Gasteiger partial charge on any atom is 0.325 e. The third-order valence-electron chi connectivity index (χ3n) is 6.04. The first-order valence-electron chi connectivity index (χ1n) is 10.9. The Hall–Kier alpha value is -3.60. The first-order valence-corrected chi connectivity index (χ1v) is 12.4. The van der Waals surface area contributed by atoms with E-state index in [0.29, 0.717) is 18.6 Å². The summed E-state index contributed by atoms with van der Waals surface area (Å²) in [4.78, 5) is 38.4. The predicted molar refractivity (Wildman–Crippen MR) is 125 cm³/mol. The molecule has 4 amide bonds. The van der Waals surface area contributed by atoms with Crippen LogP contribution in [0, 0.1) is 0 Å². The number of hydrogen-bond acceptors (Lipinski definition) is 6. The van der Waals surface area contributed by atoms with E-state index in [0.717, 1.165) is 17.7 Å². The number of para-hydroxylation sites is 2. The lowest BCUT2D eigenvalue weighted by molar-refractivity contribution is -0.131. The second-order valence-electron chi connectivity index (χ2n) is 8.31. The summed E-state index contributed by atoms with van der Waals surface area (Å²) in [6, 6.07) is 11.9. The van der Waals surface area contributed by atoms with Crippen molar-refractivity contribution in [1.82, 2.24) is 10.2 Å².